The molecule has 224 valence electrons. The first-order valence-electron chi connectivity index (χ1n) is 14.7. The molecule has 0 bridgehead atoms. The van der Waals surface area contributed by atoms with Gasteiger partial charge in [0.2, 0.25) is 0 Å². The van der Waals surface area contributed by atoms with Gasteiger partial charge in [-0.05, 0) is 55.5 Å². The smallest absolute Gasteiger partial charge is 0.319 e. The molecular formula is C37H36NO5P. The van der Waals surface area contributed by atoms with Gasteiger partial charge in [0.05, 0.1) is 18.6 Å². The van der Waals surface area contributed by atoms with E-state index in [1.165, 1.54) is 0 Å². The first-order chi connectivity index (χ1) is 21.4. The van der Waals surface area contributed by atoms with E-state index in [9.17, 15) is 20.0 Å². The van der Waals surface area contributed by atoms with Crippen LogP contribution in [-0.2, 0) is 24.5 Å². The lowest BCUT2D eigenvalue weighted by molar-refractivity contribution is -0.358. The normalized spacial score (nSPS) is 13.9. The van der Waals surface area contributed by atoms with Crippen LogP contribution in [-0.4, -0.2) is 25.0 Å². The third-order valence-electron chi connectivity index (χ3n) is 7.67. The van der Waals surface area contributed by atoms with Gasteiger partial charge < -0.3 is 14.6 Å². The average molecular weight is 606 g/mol. The lowest BCUT2D eigenvalue weighted by Crippen LogP contribution is -2.50. The fourth-order valence-electron chi connectivity index (χ4n) is 5.85. The molecule has 4 aromatic carbocycles. The Bertz CT molecular complexity index is 1520. The minimum atomic E-state index is -3.33. The maximum atomic E-state index is 14.7. The van der Waals surface area contributed by atoms with E-state index in [2.05, 4.69) is 6.07 Å². The van der Waals surface area contributed by atoms with Crippen molar-refractivity contribution in [2.24, 2.45) is 5.92 Å². The molecule has 0 radical (unpaired) electrons. The molecule has 0 aliphatic rings. The van der Waals surface area contributed by atoms with E-state index < -0.39 is 36.3 Å². The van der Waals surface area contributed by atoms with E-state index in [-0.39, 0.29) is 24.9 Å². The minimum Gasteiger partial charge on any atom is -0.611 e. The van der Waals surface area contributed by atoms with E-state index >= 15 is 0 Å². The van der Waals surface area contributed by atoms with Crippen molar-refractivity contribution in [2.75, 3.05) is 13.2 Å². The summed E-state index contributed by atoms with van der Waals surface area (Å²) in [7, 11) is -3.33. The third-order valence-corrected chi connectivity index (χ3v) is 12.1. The Hall–Kier alpha value is -4.72. The number of benzene rings is 4. The zero-order valence-corrected chi connectivity index (χ0v) is 26.1. The molecule has 0 spiro atoms. The predicted octanol–water partition coefficient (Wildman–Crippen LogP) is 5.17. The van der Waals surface area contributed by atoms with Gasteiger partial charge in [-0.1, -0.05) is 98.8 Å². The van der Waals surface area contributed by atoms with E-state index in [1.54, 1.807) is 51.1 Å². The second-order valence-electron chi connectivity index (χ2n) is 10.0. The number of ketones is 1. The molecule has 0 aliphatic heterocycles. The van der Waals surface area contributed by atoms with Crippen molar-refractivity contribution in [3.8, 4) is 6.07 Å². The maximum absolute atomic E-state index is 14.7. The number of ether oxygens (including phenoxy) is 2. The van der Waals surface area contributed by atoms with Crippen LogP contribution in [0.4, 0.5) is 0 Å². The Kier molecular flexibility index (Phi) is 10.7. The maximum Gasteiger partial charge on any atom is 0.319 e. The number of hydrogen-bond donors (Lipinski definition) is 0. The topological polar surface area (TPSA) is 99.4 Å². The van der Waals surface area contributed by atoms with Crippen LogP contribution in [0.2, 0.25) is 0 Å². The summed E-state index contributed by atoms with van der Waals surface area (Å²) in [6.45, 7) is 5.00. The molecule has 4 aromatic rings. The quantitative estimate of drug-likeness (QED) is 0.119. The number of rotatable bonds is 13. The van der Waals surface area contributed by atoms with Crippen molar-refractivity contribution in [3.63, 3.8) is 0 Å². The van der Waals surface area contributed by atoms with Crippen molar-refractivity contribution in [1.29, 1.82) is 5.26 Å². The molecule has 7 heteroatoms. The first kappa shape index (κ1) is 32.2. The molecule has 0 amide bonds. The molecular weight excluding hydrogens is 569 g/mol. The Balaban J connectivity index is 2.33. The van der Waals surface area contributed by atoms with Crippen LogP contribution in [0.3, 0.4) is 0 Å². The largest absolute Gasteiger partial charge is 0.611 e. The van der Waals surface area contributed by atoms with Gasteiger partial charge in [-0.3, -0.25) is 9.59 Å². The molecule has 0 heterocycles. The van der Waals surface area contributed by atoms with Crippen molar-refractivity contribution in [3.05, 3.63) is 138 Å². The highest BCUT2D eigenvalue weighted by Crippen LogP contribution is 2.67. The molecule has 6 nitrogen and oxygen atoms in total. The van der Waals surface area contributed by atoms with Gasteiger partial charge in [0.15, 0.2) is 11.2 Å². The van der Waals surface area contributed by atoms with Gasteiger partial charge >= 0.3 is 5.97 Å². The number of hydrogen-bond acceptors (Lipinski definition) is 6. The summed E-state index contributed by atoms with van der Waals surface area (Å²) in [6.07, 6.45) is -0.0537. The molecule has 0 aliphatic carbocycles. The monoisotopic (exact) mass is 605 g/mol. The molecule has 0 saturated heterocycles. The molecule has 0 N–H and O–H groups in total. The fourth-order valence-corrected chi connectivity index (χ4v) is 10.5. The third kappa shape index (κ3) is 5.76. The zero-order valence-electron chi connectivity index (χ0n) is 25.2. The zero-order chi connectivity index (χ0) is 31.6. The summed E-state index contributed by atoms with van der Waals surface area (Å²) in [5, 5.41) is 28.2. The summed E-state index contributed by atoms with van der Waals surface area (Å²) < 4.78 is 11.5. The van der Waals surface area contributed by atoms with E-state index in [4.69, 9.17) is 9.47 Å². The van der Waals surface area contributed by atoms with Crippen molar-refractivity contribution < 1.29 is 24.2 Å². The summed E-state index contributed by atoms with van der Waals surface area (Å²) in [4.78, 5) is 28.8. The van der Waals surface area contributed by atoms with E-state index in [0.717, 1.165) is 15.9 Å². The van der Waals surface area contributed by atoms with Crippen LogP contribution in [0.25, 0.3) is 0 Å². The van der Waals surface area contributed by atoms with Gasteiger partial charge in [-0.2, -0.15) is 5.26 Å². The molecule has 2 unspecified atom stereocenters. The van der Waals surface area contributed by atoms with Crippen LogP contribution < -0.4 is 21.0 Å². The Morgan fingerprint density at radius 2 is 1.14 bits per heavy atom. The van der Waals surface area contributed by atoms with Crippen LogP contribution in [0.5, 0.6) is 0 Å². The summed E-state index contributed by atoms with van der Waals surface area (Å²) in [6, 6.07) is 39.2. The molecule has 2 atom stereocenters. The second-order valence-corrected chi connectivity index (χ2v) is 13.4. The number of esters is 1. The highest BCUT2D eigenvalue weighted by Gasteiger charge is 2.63. The Morgan fingerprint density at radius 3 is 1.50 bits per heavy atom. The van der Waals surface area contributed by atoms with Crippen molar-refractivity contribution in [1.82, 2.24) is 0 Å². The van der Waals surface area contributed by atoms with Crippen molar-refractivity contribution >= 4 is 34.9 Å². The molecule has 0 saturated carbocycles. The molecule has 44 heavy (non-hydrogen) atoms. The number of carbonyl (C=O) groups excluding carboxylic acids is 2. The summed E-state index contributed by atoms with van der Waals surface area (Å²) >= 11 is 0. The number of nitriles is 1. The Morgan fingerprint density at radius 1 is 0.727 bits per heavy atom. The first-order valence-corrected chi connectivity index (χ1v) is 16.5. The highest BCUT2D eigenvalue weighted by molar-refractivity contribution is 7.99. The SMILES string of the molecule is CCOC(=O)C(/C(=C(/[O-])OCC)[P+](c1ccccc1)(c1ccccc1)c1ccccc1)C(C#N)(C(=O)CC)c1ccccc1. The van der Waals surface area contributed by atoms with Crippen LogP contribution in [0, 0.1) is 17.2 Å². The van der Waals surface area contributed by atoms with Gasteiger partial charge in [-0.25, -0.2) is 0 Å². The van der Waals surface area contributed by atoms with Crippen LogP contribution >= 0.6 is 7.26 Å². The number of nitrogens with zero attached hydrogens (tertiary/aromatic N) is 1. The molecule has 4 rings (SSSR count). The molecule has 0 aromatic heterocycles. The lowest BCUT2D eigenvalue weighted by atomic mass is 9.67. The van der Waals surface area contributed by atoms with Crippen molar-refractivity contribution in [2.45, 2.75) is 32.6 Å². The van der Waals surface area contributed by atoms with Gasteiger partial charge in [0, 0.05) is 6.42 Å². The summed E-state index contributed by atoms with van der Waals surface area (Å²) in [5.74, 6) is -3.72. The molecule has 0 fully saturated rings. The minimum absolute atomic E-state index is 0.0167. The number of Topliss-reactive ketones (excluding diaryl/α,β-unsaturated/α-hetero) is 1. The Labute approximate surface area is 259 Å². The summed E-state index contributed by atoms with van der Waals surface area (Å²) in [5.41, 5.74) is -1.78. The standard InChI is InChI=1S/C37H36NO5P/c1-4-32(39)37(27-38,28-19-11-7-12-20-28)33(35(40)42-5-2)34(36(41)43-6-3)44(29-21-13-8-14-22-29,30-23-15-9-16-24-30)31-25-17-10-18-26-31/h7-26,33H,4-6H2,1-3H3/b36-34+. The predicted molar refractivity (Wildman–Crippen MR) is 173 cm³/mol. The average Bonchev–Trinajstić information content (AvgIpc) is 3.08. The van der Waals surface area contributed by atoms with E-state index in [1.807, 2.05) is 91.0 Å². The second kappa shape index (κ2) is 14.6. The fraction of sp³-hybridized carbons (Fsp3) is 0.216. The van der Waals surface area contributed by atoms with Crippen LogP contribution in [0.1, 0.15) is 32.8 Å². The number of carbonyl (C=O) groups is 2. The lowest BCUT2D eigenvalue weighted by Gasteiger charge is -2.40. The van der Waals surface area contributed by atoms with Crippen LogP contribution in [0.15, 0.2) is 133 Å². The van der Waals surface area contributed by atoms with E-state index in [0.29, 0.717) is 5.56 Å². The van der Waals surface area contributed by atoms with Gasteiger partial charge in [0.1, 0.15) is 34.4 Å². The van der Waals surface area contributed by atoms with Gasteiger partial charge in [-0.15, -0.1) is 0 Å². The van der Waals surface area contributed by atoms with Gasteiger partial charge in [0.25, 0.3) is 0 Å². The highest BCUT2D eigenvalue weighted by atomic mass is 31.2.